The first-order valence-electron chi connectivity index (χ1n) is 30.2. The maximum absolute atomic E-state index is 7.78. The van der Waals surface area contributed by atoms with Gasteiger partial charge in [-0.2, -0.15) is 0 Å². The number of anilines is 6. The average Bonchev–Trinajstić information content (AvgIpc) is 3.95. The van der Waals surface area contributed by atoms with E-state index in [9.17, 15) is 0 Å². The molecule has 0 spiro atoms. The van der Waals surface area contributed by atoms with Crippen molar-refractivity contribution < 1.29 is 4.42 Å². The van der Waals surface area contributed by atoms with Gasteiger partial charge in [0.25, 0.3) is 6.71 Å². The van der Waals surface area contributed by atoms with Crippen LogP contribution in [0.25, 0.3) is 33.2 Å². The lowest BCUT2D eigenvalue weighted by molar-refractivity contribution is 0.332. The first-order chi connectivity index (χ1) is 37.2. The van der Waals surface area contributed by atoms with Crippen molar-refractivity contribution in [3.8, 4) is 22.3 Å². The minimum Gasteiger partial charge on any atom is -0.468 e. The van der Waals surface area contributed by atoms with E-state index in [4.69, 9.17) is 4.42 Å². The van der Waals surface area contributed by atoms with E-state index in [1.54, 1.807) is 0 Å². The fraction of sp³-hybridized carbons (Fsp3) is 0.413. The number of nitrogens with zero attached hydrogens (tertiary/aromatic N) is 2. The number of hydrogen-bond donors (Lipinski definition) is 0. The zero-order chi connectivity index (χ0) is 55.5. The molecule has 1 aromatic heterocycles. The quantitative estimate of drug-likeness (QED) is 0.164. The van der Waals surface area contributed by atoms with Crippen molar-refractivity contribution in [2.24, 2.45) is 0 Å². The largest absolute Gasteiger partial charge is 0.468 e. The van der Waals surface area contributed by atoms with E-state index in [0.29, 0.717) is 0 Å². The van der Waals surface area contributed by atoms with Crippen LogP contribution in [0.15, 0.2) is 120 Å². The summed E-state index contributed by atoms with van der Waals surface area (Å²) in [5.74, 6) is 0. The van der Waals surface area contributed by atoms with Gasteiger partial charge in [0.2, 0.25) is 0 Å². The monoisotopic (exact) mass is 1040 g/mol. The molecule has 3 nitrogen and oxygen atoms in total. The predicted molar refractivity (Wildman–Crippen MR) is 338 cm³/mol. The van der Waals surface area contributed by atoms with Crippen molar-refractivity contribution in [3.05, 3.63) is 171 Å². The highest BCUT2D eigenvalue weighted by molar-refractivity contribution is 7.00. The van der Waals surface area contributed by atoms with Crippen molar-refractivity contribution in [3.63, 3.8) is 0 Å². The molecule has 14 rings (SSSR count). The van der Waals surface area contributed by atoms with Gasteiger partial charge in [-0.05, 0) is 234 Å². The summed E-state index contributed by atoms with van der Waals surface area (Å²) in [5.41, 5.74) is 32.0. The molecule has 0 radical (unpaired) electrons. The summed E-state index contributed by atoms with van der Waals surface area (Å²) in [6, 6.07) is 46.8. The van der Waals surface area contributed by atoms with Crippen molar-refractivity contribution in [2.75, 3.05) is 9.80 Å². The summed E-state index contributed by atoms with van der Waals surface area (Å²) >= 11 is 0. The Labute approximate surface area is 473 Å². The lowest BCUT2D eigenvalue weighted by atomic mass is 9.35. The van der Waals surface area contributed by atoms with E-state index < -0.39 is 0 Å². The number of aryl methyl sites for hydroxylation is 2. The molecule has 4 heteroatoms. The number of fused-ring (bicyclic) bond motifs is 12. The molecule has 6 aliphatic rings. The SMILES string of the molecule is Cc1cc2c3c(c1)N(c1ccc4c(c1)C(C)(C)CCC4(C)C)c1c(oc4cc5c(cc14)C(C)(C)CCC5(C)C)B3c1ccc(C(C)(C)C)cc1N2c1cc2c(cc1-c1cccc3c1CCc1ccccc1-3)C(C)(C)CCC2(C)C. The molecule has 7 aromatic carbocycles. The van der Waals surface area contributed by atoms with E-state index in [-0.39, 0.29) is 44.6 Å². The third kappa shape index (κ3) is 7.43. The summed E-state index contributed by atoms with van der Waals surface area (Å²) in [5, 5.41) is 1.22. The Morgan fingerprint density at radius 2 is 1.00 bits per heavy atom. The van der Waals surface area contributed by atoms with Crippen molar-refractivity contribution in [1.29, 1.82) is 0 Å². The predicted octanol–water partition coefficient (Wildman–Crippen LogP) is 18.6. The van der Waals surface area contributed by atoms with Crippen molar-refractivity contribution in [1.82, 2.24) is 0 Å². The Morgan fingerprint density at radius 3 is 1.65 bits per heavy atom. The third-order valence-corrected chi connectivity index (χ3v) is 21.4. The molecular weight excluding hydrogens is 956 g/mol. The summed E-state index contributed by atoms with van der Waals surface area (Å²) in [6.45, 7) is 39.0. The van der Waals surface area contributed by atoms with Crippen LogP contribution in [0.4, 0.5) is 34.1 Å². The second kappa shape index (κ2) is 16.4. The van der Waals surface area contributed by atoms with Gasteiger partial charge in [-0.25, -0.2) is 0 Å². The molecule has 402 valence electrons. The fourth-order valence-electron chi connectivity index (χ4n) is 16.0. The highest BCUT2D eigenvalue weighted by atomic mass is 16.3. The standard InChI is InChI=1S/C75H83BN2O/c1-44-36-63-66-64(37-44)78(61-42-58-56(72(9,10)32-34-74(58,13)14)40-52(61)50-23-19-22-49-48-21-18-17-20-45(48)24-27-51(49)50)62-38-46(69(2,3)4)25-29-60(62)76(66)68-67(53-41-57-59(43-65(53)79-68)75(15,16)35-33-73(57,11)12)77(63)47-26-28-54-55(39-47)71(7,8)31-30-70(54,5)6/h17-23,25-26,28-29,36-43H,24,27,30-35H2,1-16H3. The van der Waals surface area contributed by atoms with E-state index in [1.807, 2.05) is 0 Å². The molecule has 8 aromatic rings. The number of hydrogen-bond acceptors (Lipinski definition) is 3. The fourth-order valence-corrected chi connectivity index (χ4v) is 16.0. The highest BCUT2D eigenvalue weighted by Gasteiger charge is 2.50. The van der Waals surface area contributed by atoms with Crippen LogP contribution >= 0.6 is 0 Å². The minimum atomic E-state index is -0.145. The maximum Gasteiger partial charge on any atom is 0.297 e. The molecule has 0 fully saturated rings. The van der Waals surface area contributed by atoms with Gasteiger partial charge in [-0.3, -0.25) is 0 Å². The van der Waals surface area contributed by atoms with Gasteiger partial charge in [-0.15, -0.1) is 0 Å². The molecule has 4 aliphatic carbocycles. The van der Waals surface area contributed by atoms with Crippen LogP contribution in [0, 0.1) is 6.92 Å². The van der Waals surface area contributed by atoms with Crippen LogP contribution in [-0.4, -0.2) is 6.71 Å². The molecule has 79 heavy (non-hydrogen) atoms. The maximum atomic E-state index is 7.78. The van der Waals surface area contributed by atoms with Gasteiger partial charge in [-0.1, -0.05) is 165 Å². The normalized spacial score (nSPS) is 20.0. The zero-order valence-corrected chi connectivity index (χ0v) is 50.5. The number of rotatable bonds is 3. The molecule has 3 heterocycles. The first-order valence-corrected chi connectivity index (χ1v) is 30.2. The van der Waals surface area contributed by atoms with E-state index in [0.717, 1.165) is 56.2 Å². The van der Waals surface area contributed by atoms with Crippen molar-refractivity contribution in [2.45, 2.75) is 200 Å². The highest BCUT2D eigenvalue weighted by Crippen LogP contribution is 2.57. The van der Waals surface area contributed by atoms with Gasteiger partial charge in [0.15, 0.2) is 0 Å². The zero-order valence-electron chi connectivity index (χ0n) is 50.5. The van der Waals surface area contributed by atoms with Crippen LogP contribution < -0.4 is 26.4 Å². The summed E-state index contributed by atoms with van der Waals surface area (Å²) in [6.07, 6.45) is 9.01. The molecule has 0 unspecified atom stereocenters. The van der Waals surface area contributed by atoms with E-state index >= 15 is 0 Å². The van der Waals surface area contributed by atoms with Gasteiger partial charge in [0.1, 0.15) is 5.58 Å². The smallest absolute Gasteiger partial charge is 0.297 e. The Kier molecular flexibility index (Phi) is 10.6. The molecule has 0 saturated carbocycles. The minimum absolute atomic E-state index is 0.00923. The topological polar surface area (TPSA) is 19.6 Å². The Hall–Kier alpha value is -6.26. The molecule has 0 atom stereocenters. The van der Waals surface area contributed by atoms with Crippen LogP contribution in [0.1, 0.15) is 198 Å². The van der Waals surface area contributed by atoms with Gasteiger partial charge in [0.05, 0.1) is 17.0 Å². The lowest BCUT2D eigenvalue weighted by Gasteiger charge is -2.46. The van der Waals surface area contributed by atoms with Crippen LogP contribution in [0.3, 0.4) is 0 Å². The Bertz CT molecular complexity index is 3940. The molecular formula is C75H83BN2O. The van der Waals surface area contributed by atoms with E-state index in [2.05, 4.69) is 236 Å². The van der Waals surface area contributed by atoms with Gasteiger partial charge >= 0.3 is 0 Å². The van der Waals surface area contributed by atoms with E-state index in [1.165, 1.54) is 135 Å². The average molecular weight is 1040 g/mol. The number of furan rings is 1. The molecule has 0 saturated heterocycles. The molecule has 2 aliphatic heterocycles. The summed E-state index contributed by atoms with van der Waals surface area (Å²) in [7, 11) is 0. The summed E-state index contributed by atoms with van der Waals surface area (Å²) < 4.78 is 7.78. The lowest BCUT2D eigenvalue weighted by Crippen LogP contribution is -2.61. The third-order valence-electron chi connectivity index (χ3n) is 21.4. The molecule has 0 bridgehead atoms. The molecule has 0 amide bonds. The Morgan fingerprint density at radius 1 is 0.456 bits per heavy atom. The van der Waals surface area contributed by atoms with Crippen LogP contribution in [0.2, 0.25) is 0 Å². The van der Waals surface area contributed by atoms with Crippen molar-refractivity contribution >= 4 is 68.4 Å². The van der Waals surface area contributed by atoms with Gasteiger partial charge < -0.3 is 14.2 Å². The number of benzene rings is 7. The second-order valence-corrected chi connectivity index (χ2v) is 30.5. The van der Waals surface area contributed by atoms with Crippen LogP contribution in [0.5, 0.6) is 0 Å². The molecule has 0 N–H and O–H groups in total. The van der Waals surface area contributed by atoms with Crippen LogP contribution in [-0.2, 0) is 50.7 Å². The Balaban J connectivity index is 1.11. The first kappa shape index (κ1) is 50.9. The van der Waals surface area contributed by atoms with Gasteiger partial charge in [0, 0.05) is 33.7 Å². The summed E-state index contributed by atoms with van der Waals surface area (Å²) in [4.78, 5) is 5.43. The second-order valence-electron chi connectivity index (χ2n) is 30.5.